The van der Waals surface area contributed by atoms with Gasteiger partial charge >= 0.3 is 0 Å². The molecule has 0 radical (unpaired) electrons. The number of aromatic nitrogens is 2. The first-order valence-corrected chi connectivity index (χ1v) is 8.21. The van der Waals surface area contributed by atoms with Crippen LogP contribution in [0.4, 0.5) is 5.69 Å². The Morgan fingerprint density at radius 2 is 1.77 bits per heavy atom. The van der Waals surface area contributed by atoms with E-state index in [9.17, 15) is 9.59 Å². The van der Waals surface area contributed by atoms with Crippen LogP contribution in [0.2, 0.25) is 0 Å². The predicted molar refractivity (Wildman–Crippen MR) is 96.4 cm³/mol. The molecule has 1 aromatic carbocycles. The molecular weight excluding hydrogens is 332 g/mol. The van der Waals surface area contributed by atoms with Gasteiger partial charge in [-0.1, -0.05) is 30.3 Å². The molecule has 2 N–H and O–H groups in total. The summed E-state index contributed by atoms with van der Waals surface area (Å²) in [7, 11) is 0. The molecule has 0 unspecified atom stereocenters. The van der Waals surface area contributed by atoms with Crippen LogP contribution in [-0.4, -0.2) is 28.3 Å². The third-order valence-electron chi connectivity index (χ3n) is 3.58. The number of rotatable bonds is 7. The Hall–Kier alpha value is -3.48. The maximum atomic E-state index is 11.9. The van der Waals surface area contributed by atoms with Crippen molar-refractivity contribution in [1.29, 1.82) is 0 Å². The molecule has 3 aromatic rings. The highest BCUT2D eigenvalue weighted by Crippen LogP contribution is 2.14. The van der Waals surface area contributed by atoms with E-state index in [1.807, 2.05) is 30.3 Å². The summed E-state index contributed by atoms with van der Waals surface area (Å²) >= 11 is 0. The minimum absolute atomic E-state index is 0.159. The molecule has 0 saturated carbocycles. The number of furan rings is 1. The minimum atomic E-state index is -0.291. The van der Waals surface area contributed by atoms with Crippen molar-refractivity contribution in [3.05, 3.63) is 66.9 Å². The van der Waals surface area contributed by atoms with Gasteiger partial charge in [-0.05, 0) is 18.6 Å². The average Bonchev–Trinajstić information content (AvgIpc) is 3.21. The van der Waals surface area contributed by atoms with Crippen molar-refractivity contribution in [2.75, 3.05) is 11.9 Å². The van der Waals surface area contributed by atoms with Gasteiger partial charge in [0.15, 0.2) is 11.6 Å². The molecule has 0 spiro atoms. The second-order valence-electron chi connectivity index (χ2n) is 5.55. The molecule has 0 fully saturated rings. The number of hydrogen-bond donors (Lipinski definition) is 2. The Morgan fingerprint density at radius 1 is 1.00 bits per heavy atom. The predicted octanol–water partition coefficient (Wildman–Crippen LogP) is 2.89. The van der Waals surface area contributed by atoms with Crippen molar-refractivity contribution in [2.45, 2.75) is 12.8 Å². The van der Waals surface area contributed by atoms with Gasteiger partial charge in [-0.2, -0.15) is 0 Å². The highest BCUT2D eigenvalue weighted by Gasteiger charge is 2.08. The van der Waals surface area contributed by atoms with Crippen molar-refractivity contribution < 1.29 is 14.0 Å². The van der Waals surface area contributed by atoms with E-state index in [0.717, 1.165) is 5.56 Å². The maximum Gasteiger partial charge on any atom is 0.286 e. The molecule has 2 heterocycles. The van der Waals surface area contributed by atoms with Gasteiger partial charge in [0, 0.05) is 18.5 Å². The van der Waals surface area contributed by atoms with Crippen LogP contribution in [0.5, 0.6) is 0 Å². The number of hydrogen-bond acceptors (Lipinski definition) is 5. The molecule has 0 aliphatic carbocycles. The number of carbonyl (C=O) groups is 2. The van der Waals surface area contributed by atoms with Crippen LogP contribution in [0.25, 0.3) is 11.4 Å². The molecule has 7 heteroatoms. The second-order valence-corrected chi connectivity index (χ2v) is 5.55. The molecule has 0 atom stereocenters. The van der Waals surface area contributed by atoms with Crippen LogP contribution < -0.4 is 10.6 Å². The lowest BCUT2D eigenvalue weighted by atomic mass is 10.2. The molecule has 3 rings (SSSR count). The van der Waals surface area contributed by atoms with E-state index in [1.54, 1.807) is 24.5 Å². The van der Waals surface area contributed by atoms with Crippen LogP contribution in [0, 0.1) is 0 Å². The first kappa shape index (κ1) is 17.3. The monoisotopic (exact) mass is 350 g/mol. The standard InChI is InChI=1S/C19H18N4O3/c24-17(9-4-10-20-19(25)16-8-5-11-26-16)23-15-12-21-18(22-13-15)14-6-2-1-3-7-14/h1-3,5-8,11-13H,4,9-10H2,(H,20,25)(H,23,24). The molecule has 2 aromatic heterocycles. The van der Waals surface area contributed by atoms with Crippen molar-refractivity contribution in [3.63, 3.8) is 0 Å². The fraction of sp³-hybridized carbons (Fsp3) is 0.158. The van der Waals surface area contributed by atoms with Crippen LogP contribution in [-0.2, 0) is 4.79 Å². The second kappa shape index (κ2) is 8.57. The number of carbonyl (C=O) groups excluding carboxylic acids is 2. The fourth-order valence-corrected chi connectivity index (χ4v) is 2.30. The Kier molecular flexibility index (Phi) is 5.72. The number of anilines is 1. The van der Waals surface area contributed by atoms with Gasteiger partial charge < -0.3 is 15.1 Å². The van der Waals surface area contributed by atoms with Gasteiger partial charge in [-0.25, -0.2) is 9.97 Å². The molecule has 132 valence electrons. The Morgan fingerprint density at radius 3 is 2.46 bits per heavy atom. The van der Waals surface area contributed by atoms with Gasteiger partial charge in [0.05, 0.1) is 24.3 Å². The smallest absolute Gasteiger partial charge is 0.286 e. The molecule has 0 saturated heterocycles. The lowest BCUT2D eigenvalue weighted by Crippen LogP contribution is -2.25. The van der Waals surface area contributed by atoms with Gasteiger partial charge in [-0.15, -0.1) is 0 Å². The minimum Gasteiger partial charge on any atom is -0.459 e. The Balaban J connectivity index is 1.41. The van der Waals surface area contributed by atoms with E-state index in [4.69, 9.17) is 4.42 Å². The highest BCUT2D eigenvalue weighted by atomic mass is 16.3. The van der Waals surface area contributed by atoms with Gasteiger partial charge in [0.25, 0.3) is 5.91 Å². The third kappa shape index (κ3) is 4.76. The van der Waals surface area contributed by atoms with E-state index in [1.165, 1.54) is 6.26 Å². The first-order valence-electron chi connectivity index (χ1n) is 8.21. The molecule has 2 amide bonds. The van der Waals surface area contributed by atoms with Gasteiger partial charge in [0.2, 0.25) is 5.91 Å². The highest BCUT2D eigenvalue weighted by molar-refractivity contribution is 5.92. The zero-order valence-corrected chi connectivity index (χ0v) is 14.0. The summed E-state index contributed by atoms with van der Waals surface area (Å²) < 4.78 is 4.99. The number of amides is 2. The van der Waals surface area contributed by atoms with Crippen LogP contribution in [0.15, 0.2) is 65.5 Å². The van der Waals surface area contributed by atoms with Crippen molar-refractivity contribution >= 4 is 17.5 Å². The lowest BCUT2D eigenvalue weighted by Gasteiger charge is -2.06. The zero-order chi connectivity index (χ0) is 18.2. The maximum absolute atomic E-state index is 11.9. The molecule has 0 aliphatic rings. The Labute approximate surface area is 150 Å². The average molecular weight is 350 g/mol. The fourth-order valence-electron chi connectivity index (χ4n) is 2.30. The SMILES string of the molecule is O=C(CCCNC(=O)c1ccco1)Nc1cnc(-c2ccccc2)nc1. The topological polar surface area (TPSA) is 97.1 Å². The molecule has 0 bridgehead atoms. The van der Waals surface area contributed by atoms with Gasteiger partial charge in [0.1, 0.15) is 0 Å². The Bertz CT molecular complexity index is 846. The zero-order valence-electron chi connectivity index (χ0n) is 14.0. The number of nitrogens with one attached hydrogen (secondary N) is 2. The summed E-state index contributed by atoms with van der Waals surface area (Å²) in [5, 5.41) is 5.43. The van der Waals surface area contributed by atoms with E-state index in [0.29, 0.717) is 24.5 Å². The van der Waals surface area contributed by atoms with E-state index in [-0.39, 0.29) is 24.0 Å². The summed E-state index contributed by atoms with van der Waals surface area (Å²) in [4.78, 5) is 32.1. The summed E-state index contributed by atoms with van der Waals surface area (Å²) in [6.45, 7) is 0.385. The van der Waals surface area contributed by atoms with Crippen molar-refractivity contribution in [3.8, 4) is 11.4 Å². The summed E-state index contributed by atoms with van der Waals surface area (Å²) in [5.41, 5.74) is 1.45. The van der Waals surface area contributed by atoms with Crippen LogP contribution >= 0.6 is 0 Å². The van der Waals surface area contributed by atoms with Crippen LogP contribution in [0.3, 0.4) is 0 Å². The van der Waals surface area contributed by atoms with E-state index >= 15 is 0 Å². The largest absolute Gasteiger partial charge is 0.459 e. The molecule has 7 nitrogen and oxygen atoms in total. The summed E-state index contributed by atoms with van der Waals surface area (Å²) in [5.74, 6) is 0.406. The number of benzene rings is 1. The summed E-state index contributed by atoms with van der Waals surface area (Å²) in [6.07, 6.45) is 5.38. The van der Waals surface area contributed by atoms with Crippen molar-refractivity contribution in [1.82, 2.24) is 15.3 Å². The van der Waals surface area contributed by atoms with Gasteiger partial charge in [-0.3, -0.25) is 9.59 Å². The first-order chi connectivity index (χ1) is 12.7. The molecular formula is C19H18N4O3. The van der Waals surface area contributed by atoms with E-state index in [2.05, 4.69) is 20.6 Å². The number of nitrogens with zero attached hydrogens (tertiary/aromatic N) is 2. The normalized spacial score (nSPS) is 10.3. The summed E-state index contributed by atoms with van der Waals surface area (Å²) in [6, 6.07) is 12.8. The van der Waals surface area contributed by atoms with Crippen molar-refractivity contribution in [2.24, 2.45) is 0 Å². The van der Waals surface area contributed by atoms with E-state index < -0.39 is 0 Å². The molecule has 26 heavy (non-hydrogen) atoms. The molecule has 0 aliphatic heterocycles. The van der Waals surface area contributed by atoms with Crippen LogP contribution in [0.1, 0.15) is 23.4 Å². The third-order valence-corrected chi connectivity index (χ3v) is 3.58. The lowest BCUT2D eigenvalue weighted by molar-refractivity contribution is -0.116. The quantitative estimate of drug-likeness (QED) is 0.639.